The second-order valence-electron chi connectivity index (χ2n) is 12.2. The van der Waals surface area contributed by atoms with E-state index in [2.05, 4.69) is 39.5 Å². The number of carbonyl (C=O) groups excluding carboxylic acids is 1. The van der Waals surface area contributed by atoms with Gasteiger partial charge < -0.3 is 9.72 Å². The number of aromatic nitrogens is 5. The maximum atomic E-state index is 14.2. The zero-order chi connectivity index (χ0) is 29.7. The van der Waals surface area contributed by atoms with Gasteiger partial charge in [0.25, 0.3) is 11.5 Å². The molecule has 4 aromatic rings. The highest BCUT2D eigenvalue weighted by Gasteiger charge is 2.30. The molecule has 12 heteroatoms. The maximum Gasteiger partial charge on any atom is 0.333 e. The third-order valence-electron chi connectivity index (χ3n) is 9.49. The highest BCUT2D eigenvalue weighted by molar-refractivity contribution is 7.99. The summed E-state index contributed by atoms with van der Waals surface area (Å²) in [4.78, 5) is 51.7. The van der Waals surface area contributed by atoms with Gasteiger partial charge in [-0.3, -0.25) is 23.6 Å². The molecule has 2 saturated heterocycles. The Morgan fingerprint density at radius 3 is 2.51 bits per heavy atom. The Labute approximate surface area is 252 Å². The number of imidazole rings is 1. The number of rotatable bonds is 5. The molecular weight excluding hydrogens is 569 g/mol. The second-order valence-corrected chi connectivity index (χ2v) is 13.4. The lowest BCUT2D eigenvalue weighted by Gasteiger charge is -2.31. The second kappa shape index (κ2) is 11.5. The number of hydrogen-bond donors (Lipinski definition) is 1. The van der Waals surface area contributed by atoms with Crippen molar-refractivity contribution in [1.82, 2.24) is 33.7 Å². The number of halogens is 1. The molecule has 0 spiro atoms. The van der Waals surface area contributed by atoms with E-state index in [0.717, 1.165) is 49.2 Å². The van der Waals surface area contributed by atoms with Gasteiger partial charge in [-0.25, -0.2) is 19.2 Å². The van der Waals surface area contributed by atoms with Crippen molar-refractivity contribution in [2.24, 2.45) is 0 Å². The van der Waals surface area contributed by atoms with Crippen molar-refractivity contribution in [2.45, 2.75) is 75.5 Å². The Bertz CT molecular complexity index is 1800. The Morgan fingerprint density at radius 1 is 1.00 bits per heavy atom. The predicted molar refractivity (Wildman–Crippen MR) is 164 cm³/mol. The number of carbonyl (C=O) groups is 1. The van der Waals surface area contributed by atoms with Gasteiger partial charge in [-0.15, -0.1) is 0 Å². The summed E-state index contributed by atoms with van der Waals surface area (Å²) in [7, 11) is 2.14. The fourth-order valence-corrected chi connectivity index (χ4v) is 8.27. The van der Waals surface area contributed by atoms with Gasteiger partial charge in [0, 0.05) is 36.6 Å². The van der Waals surface area contributed by atoms with Crippen molar-refractivity contribution < 1.29 is 9.18 Å². The molecule has 2 aliphatic heterocycles. The fourth-order valence-electron chi connectivity index (χ4n) is 7.18. The maximum absolute atomic E-state index is 14.2. The standard InChI is InChI=1S/C31H36FN7O3S/c1-36-12-2-3-26(36)19-4-9-27-35-25(18-37(27)17-19)29(40)34-21-5-7-22(8-6-21)39-30(41)24-15-20(32)16-33-28(24)38(31(39)42)23-10-13-43-14-11-23/h4,9,15-18,21-23,26H,2-3,5-8,10-14H2,1H3,(H,34,40). The topological polar surface area (TPSA) is 107 Å². The Morgan fingerprint density at radius 2 is 1.77 bits per heavy atom. The van der Waals surface area contributed by atoms with E-state index >= 15 is 0 Å². The minimum absolute atomic E-state index is 0.0720. The molecule has 226 valence electrons. The summed E-state index contributed by atoms with van der Waals surface area (Å²) < 4.78 is 19.1. The van der Waals surface area contributed by atoms with Crippen molar-refractivity contribution >= 4 is 34.3 Å². The summed E-state index contributed by atoms with van der Waals surface area (Å²) >= 11 is 1.85. The van der Waals surface area contributed by atoms with Crippen molar-refractivity contribution in [3.05, 3.63) is 74.7 Å². The third-order valence-corrected chi connectivity index (χ3v) is 10.5. The lowest BCUT2D eigenvalue weighted by molar-refractivity contribution is 0.0917. The number of hydrogen-bond acceptors (Lipinski definition) is 7. The quantitative estimate of drug-likeness (QED) is 0.365. The highest BCUT2D eigenvalue weighted by Crippen LogP contribution is 2.32. The van der Waals surface area contributed by atoms with Crippen molar-refractivity contribution in [2.75, 3.05) is 25.1 Å². The summed E-state index contributed by atoms with van der Waals surface area (Å²) in [6.07, 6.45) is 11.2. The average molecular weight is 606 g/mol. The van der Waals surface area contributed by atoms with Crippen LogP contribution in [-0.4, -0.2) is 65.4 Å². The predicted octanol–water partition coefficient (Wildman–Crippen LogP) is 4.09. The Hall–Kier alpha value is -3.51. The van der Waals surface area contributed by atoms with Crippen LogP contribution in [0.5, 0.6) is 0 Å². The molecule has 3 fully saturated rings. The van der Waals surface area contributed by atoms with Gasteiger partial charge in [0.2, 0.25) is 0 Å². The molecule has 1 amide bonds. The number of nitrogens with one attached hydrogen (secondary N) is 1. The van der Waals surface area contributed by atoms with Crippen molar-refractivity contribution in [3.63, 3.8) is 0 Å². The van der Waals surface area contributed by atoms with Crippen LogP contribution in [-0.2, 0) is 0 Å². The molecule has 1 aliphatic carbocycles. The molecule has 0 bridgehead atoms. The SMILES string of the molecule is CN1CCCC1c1ccc2nc(C(=O)NC3CCC(n4c(=O)c5cc(F)cnc5n(C5CCSCC5)c4=O)CC3)cn2c1. The van der Waals surface area contributed by atoms with Crippen molar-refractivity contribution in [3.8, 4) is 0 Å². The van der Waals surface area contributed by atoms with E-state index in [-0.39, 0.29) is 40.8 Å². The first-order valence-corrected chi connectivity index (χ1v) is 16.4. The first kappa shape index (κ1) is 28.3. The summed E-state index contributed by atoms with van der Waals surface area (Å²) in [6, 6.07) is 5.15. The first-order valence-electron chi connectivity index (χ1n) is 15.3. The number of likely N-dealkylation sites (tertiary alicyclic amines) is 1. The molecule has 1 atom stereocenters. The van der Waals surface area contributed by atoms with E-state index in [9.17, 15) is 18.8 Å². The van der Waals surface area contributed by atoms with Gasteiger partial charge in [-0.2, -0.15) is 11.8 Å². The summed E-state index contributed by atoms with van der Waals surface area (Å²) in [5.41, 5.74) is 1.72. The molecule has 1 unspecified atom stereocenters. The number of thioether (sulfide) groups is 1. The van der Waals surface area contributed by atoms with Crippen LogP contribution in [0.4, 0.5) is 4.39 Å². The summed E-state index contributed by atoms with van der Waals surface area (Å²) in [5, 5.41) is 3.26. The zero-order valence-electron chi connectivity index (χ0n) is 24.2. The minimum Gasteiger partial charge on any atom is -0.348 e. The molecule has 7 rings (SSSR count). The van der Waals surface area contributed by atoms with E-state index in [1.165, 1.54) is 22.6 Å². The molecule has 10 nitrogen and oxygen atoms in total. The van der Waals surface area contributed by atoms with Crippen LogP contribution in [0, 0.1) is 5.82 Å². The third kappa shape index (κ3) is 5.28. The van der Waals surface area contributed by atoms with Crippen LogP contribution in [0.2, 0.25) is 0 Å². The van der Waals surface area contributed by atoms with Crippen LogP contribution in [0.15, 0.2) is 46.4 Å². The summed E-state index contributed by atoms with van der Waals surface area (Å²) in [5.74, 6) is 1.03. The number of amides is 1. The van der Waals surface area contributed by atoms with Crippen LogP contribution >= 0.6 is 11.8 Å². The van der Waals surface area contributed by atoms with Crippen LogP contribution in [0.3, 0.4) is 0 Å². The van der Waals surface area contributed by atoms with E-state index in [1.54, 1.807) is 10.8 Å². The minimum atomic E-state index is -0.596. The molecule has 1 saturated carbocycles. The normalized spacial score (nSPS) is 23.7. The molecule has 3 aliphatic rings. The number of fused-ring (bicyclic) bond motifs is 2. The lowest BCUT2D eigenvalue weighted by Crippen LogP contribution is -2.46. The number of nitrogens with zero attached hydrogens (tertiary/aromatic N) is 6. The van der Waals surface area contributed by atoms with E-state index in [0.29, 0.717) is 37.4 Å². The number of pyridine rings is 2. The van der Waals surface area contributed by atoms with E-state index < -0.39 is 11.4 Å². The Balaban J connectivity index is 1.08. The first-order chi connectivity index (χ1) is 20.9. The zero-order valence-corrected chi connectivity index (χ0v) is 25.1. The molecule has 1 N–H and O–H groups in total. The molecular formula is C31H36FN7O3S. The molecule has 4 aromatic heterocycles. The Kier molecular flexibility index (Phi) is 7.58. The molecule has 0 radical (unpaired) electrons. The fraction of sp³-hybridized carbons (Fsp3) is 0.516. The van der Waals surface area contributed by atoms with Gasteiger partial charge in [-0.05, 0) is 94.2 Å². The van der Waals surface area contributed by atoms with Gasteiger partial charge in [0.15, 0.2) is 0 Å². The molecule has 43 heavy (non-hydrogen) atoms. The van der Waals surface area contributed by atoms with E-state index in [1.807, 2.05) is 22.2 Å². The average Bonchev–Trinajstić information content (AvgIpc) is 3.65. The van der Waals surface area contributed by atoms with Gasteiger partial charge in [-0.1, -0.05) is 6.07 Å². The largest absolute Gasteiger partial charge is 0.348 e. The summed E-state index contributed by atoms with van der Waals surface area (Å²) in [6.45, 7) is 1.09. The van der Waals surface area contributed by atoms with Gasteiger partial charge in [0.1, 0.15) is 22.8 Å². The van der Waals surface area contributed by atoms with Crippen LogP contribution in [0.1, 0.15) is 85.5 Å². The van der Waals surface area contributed by atoms with Gasteiger partial charge >= 0.3 is 5.69 Å². The monoisotopic (exact) mass is 605 g/mol. The van der Waals surface area contributed by atoms with Gasteiger partial charge in [0.05, 0.1) is 11.6 Å². The van der Waals surface area contributed by atoms with Crippen LogP contribution in [0.25, 0.3) is 16.7 Å². The highest BCUT2D eigenvalue weighted by atomic mass is 32.2. The van der Waals surface area contributed by atoms with Crippen molar-refractivity contribution in [1.29, 1.82) is 0 Å². The smallest absolute Gasteiger partial charge is 0.333 e. The molecule has 0 aromatic carbocycles. The van der Waals surface area contributed by atoms with E-state index in [4.69, 9.17) is 0 Å². The lowest BCUT2D eigenvalue weighted by atomic mass is 9.90. The van der Waals surface area contributed by atoms with Crippen LogP contribution < -0.4 is 16.6 Å². The molecule has 6 heterocycles.